The summed E-state index contributed by atoms with van der Waals surface area (Å²) in [5.74, 6) is -0.394. The third-order valence-corrected chi connectivity index (χ3v) is 1.66. The molecule has 0 unspecified atom stereocenters. The molecular formula is C19H23NO2. The smallest absolute Gasteiger partial charge is 0.329 e. The molecule has 0 radical (unpaired) electrons. The molecule has 0 aromatic heterocycles. The Morgan fingerprint density at radius 1 is 1.09 bits per heavy atom. The van der Waals surface area contributed by atoms with Crippen molar-refractivity contribution in [1.29, 1.82) is 5.26 Å². The molecule has 0 saturated heterocycles. The number of hydrogen-bond acceptors (Lipinski definition) is 3. The molecule has 1 aromatic carbocycles. The number of nitrogens with zero attached hydrogens (tertiary/aromatic N) is 1. The first-order valence-corrected chi connectivity index (χ1v) is 6.19. The molecule has 0 spiro atoms. The van der Waals surface area contributed by atoms with E-state index in [0.717, 1.165) is 6.08 Å². The largest absolute Gasteiger partial charge is 0.466 e. The molecule has 1 aromatic rings. The second-order valence-electron chi connectivity index (χ2n) is 3.15. The van der Waals surface area contributed by atoms with Crippen LogP contribution < -0.4 is 0 Å². The van der Waals surface area contributed by atoms with Gasteiger partial charge >= 0.3 is 5.97 Å². The Hall–Kier alpha value is -3.12. The van der Waals surface area contributed by atoms with Crippen molar-refractivity contribution in [2.75, 3.05) is 7.11 Å². The molecule has 0 fully saturated rings. The second kappa shape index (κ2) is 23.0. The van der Waals surface area contributed by atoms with Gasteiger partial charge in [0.05, 0.1) is 13.2 Å². The van der Waals surface area contributed by atoms with E-state index in [0.29, 0.717) is 0 Å². The van der Waals surface area contributed by atoms with E-state index in [1.54, 1.807) is 18.2 Å². The van der Waals surface area contributed by atoms with Gasteiger partial charge in [-0.05, 0) is 5.56 Å². The minimum atomic E-state index is -0.394. The van der Waals surface area contributed by atoms with E-state index in [1.165, 1.54) is 18.7 Å². The number of carbonyl (C=O) groups excluding carboxylic acids is 1. The third kappa shape index (κ3) is 25.7. The molecule has 0 saturated carbocycles. The highest BCUT2D eigenvalue weighted by Gasteiger charge is 1.81. The monoisotopic (exact) mass is 297 g/mol. The maximum Gasteiger partial charge on any atom is 0.329 e. The summed E-state index contributed by atoms with van der Waals surface area (Å²) < 4.78 is 4.14. The molecule has 0 N–H and O–H groups in total. The zero-order valence-corrected chi connectivity index (χ0v) is 13.1. The number of hydrogen-bond donors (Lipinski definition) is 0. The first kappa shape index (κ1) is 23.9. The fourth-order valence-electron chi connectivity index (χ4n) is 0.672. The molecule has 0 aliphatic carbocycles. The van der Waals surface area contributed by atoms with Crippen molar-refractivity contribution in [3.63, 3.8) is 0 Å². The summed E-state index contributed by atoms with van der Waals surface area (Å²) in [6.45, 7) is 16.6. The van der Waals surface area contributed by atoms with E-state index in [1.807, 2.05) is 36.4 Å². The maximum absolute atomic E-state index is 9.84. The van der Waals surface area contributed by atoms with E-state index in [2.05, 4.69) is 37.6 Å². The number of methoxy groups -OCH3 is 1. The molecule has 0 bridgehead atoms. The summed E-state index contributed by atoms with van der Waals surface area (Å²) >= 11 is 0. The van der Waals surface area contributed by atoms with Gasteiger partial charge in [0.15, 0.2) is 0 Å². The topological polar surface area (TPSA) is 50.1 Å². The number of carbonyl (C=O) groups is 1. The van der Waals surface area contributed by atoms with Crippen molar-refractivity contribution in [2.45, 2.75) is 0 Å². The van der Waals surface area contributed by atoms with Gasteiger partial charge in [0.1, 0.15) is 0 Å². The molecule has 0 amide bonds. The molecule has 0 aliphatic heterocycles. The van der Waals surface area contributed by atoms with Crippen LogP contribution in [0.4, 0.5) is 0 Å². The van der Waals surface area contributed by atoms with E-state index >= 15 is 0 Å². The summed E-state index contributed by atoms with van der Waals surface area (Å²) in [6, 6.07) is 11.7. The Balaban J connectivity index is -0.000000231. The number of benzene rings is 1. The zero-order valence-electron chi connectivity index (χ0n) is 13.1. The van der Waals surface area contributed by atoms with Gasteiger partial charge in [0.25, 0.3) is 0 Å². The van der Waals surface area contributed by atoms with E-state index in [4.69, 9.17) is 5.26 Å². The number of allylic oxidation sites excluding steroid dienone is 3. The average Bonchev–Trinajstić information content (AvgIpc) is 2.62. The van der Waals surface area contributed by atoms with Crippen LogP contribution in [0.2, 0.25) is 0 Å². The first-order chi connectivity index (χ1) is 10.6. The van der Waals surface area contributed by atoms with E-state index < -0.39 is 5.97 Å². The lowest BCUT2D eigenvalue weighted by molar-refractivity contribution is -0.134. The van der Waals surface area contributed by atoms with Crippen LogP contribution in [0.1, 0.15) is 5.56 Å². The molecule has 0 atom stereocenters. The lowest BCUT2D eigenvalue weighted by Crippen LogP contribution is -1.91. The van der Waals surface area contributed by atoms with Gasteiger partial charge < -0.3 is 4.74 Å². The predicted molar refractivity (Wildman–Crippen MR) is 95.0 cm³/mol. The van der Waals surface area contributed by atoms with E-state index in [-0.39, 0.29) is 0 Å². The number of nitriles is 1. The van der Waals surface area contributed by atoms with Crippen LogP contribution in [0.25, 0.3) is 6.08 Å². The lowest BCUT2D eigenvalue weighted by Gasteiger charge is -1.85. The number of ether oxygens (including phenoxy) is 1. The normalized spacial score (nSPS) is 6.55. The van der Waals surface area contributed by atoms with Crippen molar-refractivity contribution in [1.82, 2.24) is 0 Å². The fraction of sp³-hybridized carbons (Fsp3) is 0.0526. The summed E-state index contributed by atoms with van der Waals surface area (Å²) in [5.41, 5.74) is 1.17. The van der Waals surface area contributed by atoms with Gasteiger partial charge in [-0.2, -0.15) is 5.26 Å². The SMILES string of the molecule is C=CC#N.C=CC(=O)OC.C=CC=C.C=Cc1ccccc1. The lowest BCUT2D eigenvalue weighted by atomic mass is 10.2. The highest BCUT2D eigenvalue weighted by atomic mass is 16.5. The van der Waals surface area contributed by atoms with Crippen LogP contribution in [-0.4, -0.2) is 13.1 Å². The minimum Gasteiger partial charge on any atom is -0.466 e. The van der Waals surface area contributed by atoms with Crippen molar-refractivity contribution < 1.29 is 9.53 Å². The Morgan fingerprint density at radius 3 is 1.68 bits per heavy atom. The minimum absolute atomic E-state index is 0.394. The standard InChI is InChI=1S/C8H8.C4H6O2.C4H6.C3H3N/c1-2-8-6-4-3-5-7-8;1-3-4(5)6-2;1-3-4-2;1-2-3-4/h2-7H,1H2;3H,1H2,2H3;3-4H,1-2H2;2H,1H2. The van der Waals surface area contributed by atoms with Crippen molar-refractivity contribution in [2.24, 2.45) is 0 Å². The maximum atomic E-state index is 9.84. The van der Waals surface area contributed by atoms with Crippen LogP contribution in [0.15, 0.2) is 87.5 Å². The molecule has 0 heterocycles. The summed E-state index contributed by atoms with van der Waals surface area (Å²) in [7, 11) is 1.31. The molecule has 3 nitrogen and oxygen atoms in total. The third-order valence-electron chi connectivity index (χ3n) is 1.66. The number of rotatable bonds is 3. The average molecular weight is 297 g/mol. The first-order valence-electron chi connectivity index (χ1n) is 6.19. The quantitative estimate of drug-likeness (QED) is 0.351. The molecule has 22 heavy (non-hydrogen) atoms. The number of esters is 1. The molecule has 0 aliphatic rings. The Kier molecular flexibility index (Phi) is 25.0. The van der Waals surface area contributed by atoms with Crippen LogP contribution in [0.5, 0.6) is 0 Å². The van der Waals surface area contributed by atoms with Gasteiger partial charge in [0, 0.05) is 12.2 Å². The van der Waals surface area contributed by atoms with Crippen molar-refractivity contribution in [3.05, 3.63) is 93.1 Å². The summed E-state index contributed by atoms with van der Waals surface area (Å²) in [5, 5.41) is 7.51. The van der Waals surface area contributed by atoms with Gasteiger partial charge in [-0.25, -0.2) is 4.79 Å². The zero-order chi connectivity index (χ0) is 17.6. The summed E-state index contributed by atoms with van der Waals surface area (Å²) in [6.07, 6.45) is 7.40. The second-order valence-corrected chi connectivity index (χ2v) is 3.15. The Bertz CT molecular complexity index is 476. The van der Waals surface area contributed by atoms with Crippen LogP contribution in [-0.2, 0) is 9.53 Å². The Labute approximate surface area is 133 Å². The van der Waals surface area contributed by atoms with Gasteiger partial charge in [-0.3, -0.25) is 0 Å². The highest BCUT2D eigenvalue weighted by Crippen LogP contribution is 1.97. The van der Waals surface area contributed by atoms with E-state index in [9.17, 15) is 4.79 Å². The summed E-state index contributed by atoms with van der Waals surface area (Å²) in [4.78, 5) is 9.84. The van der Waals surface area contributed by atoms with Gasteiger partial charge in [0.2, 0.25) is 0 Å². The van der Waals surface area contributed by atoms with Crippen LogP contribution in [0, 0.1) is 11.3 Å². The molecule has 1 rings (SSSR count). The van der Waals surface area contributed by atoms with Crippen molar-refractivity contribution >= 4 is 12.0 Å². The van der Waals surface area contributed by atoms with Crippen molar-refractivity contribution in [3.8, 4) is 6.07 Å². The van der Waals surface area contributed by atoms with Crippen LogP contribution in [0.3, 0.4) is 0 Å². The van der Waals surface area contributed by atoms with Crippen LogP contribution >= 0.6 is 0 Å². The Morgan fingerprint density at radius 2 is 1.55 bits per heavy atom. The molecule has 3 heteroatoms. The fourth-order valence-corrected chi connectivity index (χ4v) is 0.672. The highest BCUT2D eigenvalue weighted by molar-refractivity contribution is 5.80. The van der Waals surface area contributed by atoms with Gasteiger partial charge in [-0.15, -0.1) is 0 Å². The molecular weight excluding hydrogens is 274 g/mol. The predicted octanol–water partition coefficient (Wildman–Crippen LogP) is 4.73. The van der Waals surface area contributed by atoms with Gasteiger partial charge in [-0.1, -0.05) is 81.5 Å². The molecule has 116 valence electrons.